The highest BCUT2D eigenvalue weighted by Crippen LogP contribution is 2.36. The van der Waals surface area contributed by atoms with Gasteiger partial charge in [-0.2, -0.15) is 13.2 Å². The van der Waals surface area contributed by atoms with Gasteiger partial charge in [0.2, 0.25) is 10.0 Å². The van der Waals surface area contributed by atoms with Gasteiger partial charge in [-0.25, -0.2) is 13.4 Å². The molecule has 0 atom stereocenters. The molecule has 162 valence electrons. The van der Waals surface area contributed by atoms with E-state index in [4.69, 9.17) is 11.6 Å². The van der Waals surface area contributed by atoms with Crippen molar-refractivity contribution in [3.05, 3.63) is 59.5 Å². The molecule has 1 aromatic carbocycles. The van der Waals surface area contributed by atoms with Gasteiger partial charge in [0.05, 0.1) is 28.2 Å². The average Bonchev–Trinajstić information content (AvgIpc) is 2.73. The first-order chi connectivity index (χ1) is 14.7. The van der Waals surface area contributed by atoms with E-state index in [1.165, 1.54) is 35.0 Å². The van der Waals surface area contributed by atoms with Gasteiger partial charge in [-0.1, -0.05) is 23.7 Å². The number of rotatable bonds is 3. The van der Waals surface area contributed by atoms with Crippen LogP contribution in [0.3, 0.4) is 0 Å². The second-order valence-electron chi connectivity index (χ2n) is 6.95. The summed E-state index contributed by atoms with van der Waals surface area (Å²) in [5.41, 5.74) is 0.570. The lowest BCUT2D eigenvalue weighted by atomic mass is 10.0. The van der Waals surface area contributed by atoms with Gasteiger partial charge in [0, 0.05) is 30.1 Å². The highest BCUT2D eigenvalue weighted by atomic mass is 35.5. The average molecular weight is 469 g/mol. The van der Waals surface area contributed by atoms with E-state index in [9.17, 15) is 21.6 Å². The molecule has 0 radical (unpaired) electrons. The van der Waals surface area contributed by atoms with E-state index < -0.39 is 21.8 Å². The van der Waals surface area contributed by atoms with Gasteiger partial charge in [-0.15, -0.1) is 0 Å². The van der Waals surface area contributed by atoms with Crippen LogP contribution in [0.25, 0.3) is 22.5 Å². The molecule has 1 aliphatic rings. The predicted octanol–water partition coefficient (Wildman–Crippen LogP) is 4.81. The van der Waals surface area contributed by atoms with Crippen molar-refractivity contribution in [2.24, 2.45) is 0 Å². The van der Waals surface area contributed by atoms with Gasteiger partial charge in [-0.05, 0) is 31.0 Å². The zero-order valence-corrected chi connectivity index (χ0v) is 17.5. The Hall–Kier alpha value is -2.72. The van der Waals surface area contributed by atoms with Gasteiger partial charge in [0.1, 0.15) is 5.69 Å². The molecule has 11 heteroatoms. The van der Waals surface area contributed by atoms with Crippen LogP contribution >= 0.6 is 11.6 Å². The fourth-order valence-corrected chi connectivity index (χ4v) is 5.11. The summed E-state index contributed by atoms with van der Waals surface area (Å²) in [5.74, 6) is 0.152. The molecule has 0 amide bonds. The molecule has 1 fully saturated rings. The molecule has 4 rings (SSSR count). The van der Waals surface area contributed by atoms with Crippen LogP contribution in [-0.2, 0) is 16.2 Å². The van der Waals surface area contributed by atoms with Gasteiger partial charge in [0.15, 0.2) is 5.82 Å². The van der Waals surface area contributed by atoms with Crippen LogP contribution in [0.2, 0.25) is 5.02 Å². The van der Waals surface area contributed by atoms with E-state index in [0.29, 0.717) is 24.0 Å². The number of benzene rings is 1. The normalized spacial score (nSPS) is 16.3. The lowest BCUT2D eigenvalue weighted by Gasteiger charge is -2.27. The fourth-order valence-electron chi connectivity index (χ4n) is 3.33. The van der Waals surface area contributed by atoms with Crippen molar-refractivity contribution >= 4 is 27.4 Å². The van der Waals surface area contributed by atoms with E-state index in [0.717, 1.165) is 12.1 Å². The molecule has 0 spiro atoms. The number of hydrogen-bond acceptors (Lipinski definition) is 5. The maximum absolute atomic E-state index is 12.9. The molecule has 1 saturated heterocycles. The maximum atomic E-state index is 12.9. The Morgan fingerprint density at radius 3 is 2.39 bits per heavy atom. The molecule has 6 nitrogen and oxygen atoms in total. The summed E-state index contributed by atoms with van der Waals surface area (Å²) in [4.78, 5) is 12.8. The second kappa shape index (κ2) is 8.08. The van der Waals surface area contributed by atoms with Crippen LogP contribution in [0.15, 0.2) is 48.9 Å². The summed E-state index contributed by atoms with van der Waals surface area (Å²) < 4.78 is 65.0. The molecular formula is C20H16ClF3N4O2S. The van der Waals surface area contributed by atoms with Crippen molar-refractivity contribution in [3.8, 4) is 22.5 Å². The third-order valence-corrected chi connectivity index (χ3v) is 7.02. The van der Waals surface area contributed by atoms with Gasteiger partial charge < -0.3 is 0 Å². The maximum Gasteiger partial charge on any atom is 0.416 e. The zero-order valence-electron chi connectivity index (χ0n) is 16.0. The number of aromatic nitrogens is 3. The minimum Gasteiger partial charge on any atom is -0.263 e. The number of hydrogen-bond donors (Lipinski definition) is 0. The van der Waals surface area contributed by atoms with Crippen molar-refractivity contribution in [1.82, 2.24) is 15.0 Å². The molecule has 3 aromatic rings. The fraction of sp³-hybridized carbons (Fsp3) is 0.250. The SMILES string of the molecule is O=S1(=O)CCCCN1c1cnc(-c2ccc(C(F)(F)F)cc2)c(-c2ccncc2Cl)n1. The second-order valence-corrected chi connectivity index (χ2v) is 9.37. The highest BCUT2D eigenvalue weighted by Gasteiger charge is 2.31. The van der Waals surface area contributed by atoms with E-state index in [1.54, 1.807) is 6.07 Å². The predicted molar refractivity (Wildman–Crippen MR) is 111 cm³/mol. The monoisotopic (exact) mass is 468 g/mol. The molecule has 0 aliphatic carbocycles. The Morgan fingerprint density at radius 2 is 1.74 bits per heavy atom. The Kier molecular flexibility index (Phi) is 5.61. The summed E-state index contributed by atoms with van der Waals surface area (Å²) in [6, 6.07) is 6.09. The Balaban J connectivity index is 1.87. The molecule has 2 aromatic heterocycles. The van der Waals surface area contributed by atoms with Crippen LogP contribution in [0.1, 0.15) is 18.4 Å². The number of nitrogens with zero attached hydrogens (tertiary/aromatic N) is 4. The number of anilines is 1. The summed E-state index contributed by atoms with van der Waals surface area (Å²) in [6.07, 6.45) is 0.997. The van der Waals surface area contributed by atoms with E-state index in [1.807, 2.05) is 0 Å². The van der Waals surface area contributed by atoms with Crippen molar-refractivity contribution in [1.29, 1.82) is 0 Å². The lowest BCUT2D eigenvalue weighted by molar-refractivity contribution is -0.137. The third kappa shape index (κ3) is 4.35. The van der Waals surface area contributed by atoms with Crippen LogP contribution in [0, 0.1) is 0 Å². The number of halogens is 4. The van der Waals surface area contributed by atoms with Gasteiger partial charge in [-0.3, -0.25) is 14.3 Å². The molecule has 0 bridgehead atoms. The third-order valence-electron chi connectivity index (χ3n) is 4.88. The van der Waals surface area contributed by atoms with Crippen LogP contribution in [-0.4, -0.2) is 35.7 Å². The van der Waals surface area contributed by atoms with Gasteiger partial charge >= 0.3 is 6.18 Å². The molecule has 3 heterocycles. The lowest BCUT2D eigenvalue weighted by Crippen LogP contribution is -2.38. The number of sulfonamides is 1. The molecule has 1 aliphatic heterocycles. The van der Waals surface area contributed by atoms with E-state index in [-0.39, 0.29) is 34.5 Å². The minimum atomic E-state index is -4.46. The first-order valence-corrected chi connectivity index (χ1v) is 11.3. The molecule has 31 heavy (non-hydrogen) atoms. The first kappa shape index (κ1) is 21.5. The van der Waals surface area contributed by atoms with E-state index >= 15 is 0 Å². The first-order valence-electron chi connectivity index (χ1n) is 9.32. The van der Waals surface area contributed by atoms with Crippen LogP contribution in [0.5, 0.6) is 0 Å². The van der Waals surface area contributed by atoms with Crippen LogP contribution in [0.4, 0.5) is 19.0 Å². The Labute approximate surface area is 181 Å². The summed E-state index contributed by atoms with van der Waals surface area (Å²) in [5, 5.41) is 0.253. The molecule has 0 N–H and O–H groups in total. The molecule has 0 unspecified atom stereocenters. The van der Waals surface area contributed by atoms with Crippen molar-refractivity contribution < 1.29 is 21.6 Å². The summed E-state index contributed by atoms with van der Waals surface area (Å²) in [6.45, 7) is 0.278. The van der Waals surface area contributed by atoms with Crippen LogP contribution < -0.4 is 4.31 Å². The van der Waals surface area contributed by atoms with Crippen molar-refractivity contribution in [2.75, 3.05) is 16.6 Å². The quantitative estimate of drug-likeness (QED) is 0.551. The Morgan fingerprint density at radius 1 is 1.00 bits per heavy atom. The van der Waals surface area contributed by atoms with Crippen molar-refractivity contribution in [2.45, 2.75) is 19.0 Å². The smallest absolute Gasteiger partial charge is 0.263 e. The Bertz CT molecular complexity index is 1220. The van der Waals surface area contributed by atoms with Gasteiger partial charge in [0.25, 0.3) is 0 Å². The zero-order chi connectivity index (χ0) is 22.2. The molecule has 0 saturated carbocycles. The largest absolute Gasteiger partial charge is 0.416 e. The van der Waals surface area contributed by atoms with E-state index in [2.05, 4.69) is 15.0 Å². The van der Waals surface area contributed by atoms with Crippen molar-refractivity contribution in [3.63, 3.8) is 0 Å². The summed E-state index contributed by atoms with van der Waals surface area (Å²) >= 11 is 6.29. The minimum absolute atomic E-state index is 0.0146. The number of pyridine rings is 1. The highest BCUT2D eigenvalue weighted by molar-refractivity contribution is 7.92. The summed E-state index contributed by atoms with van der Waals surface area (Å²) in [7, 11) is -3.52. The number of alkyl halides is 3. The topological polar surface area (TPSA) is 76.1 Å². The standard InChI is InChI=1S/C20H16ClF3N4O2S/c21-16-11-25-8-7-15(16)19-18(13-3-5-14(6-4-13)20(22,23)24)26-12-17(27-19)28-9-1-2-10-31(28,29)30/h3-8,11-12H,1-2,9-10H2. The molecular weight excluding hydrogens is 453 g/mol.